The highest BCUT2D eigenvalue weighted by Gasteiger charge is 2.34. The zero-order chi connectivity index (χ0) is 7.57. The Bertz CT molecular complexity index is 107. The Labute approximate surface area is 67.1 Å². The lowest BCUT2D eigenvalue weighted by Crippen LogP contribution is -2.58. The highest BCUT2D eigenvalue weighted by molar-refractivity contribution is 4.91. The van der Waals surface area contributed by atoms with Gasteiger partial charge in [-0.3, -0.25) is 0 Å². The summed E-state index contributed by atoms with van der Waals surface area (Å²) in [4.78, 5) is 0. The topological polar surface area (TPSA) is 30.5 Å². The van der Waals surface area contributed by atoms with Crippen molar-refractivity contribution in [3.63, 3.8) is 0 Å². The molecule has 0 bridgehead atoms. The fourth-order valence-electron chi connectivity index (χ4n) is 1.81. The Hall–Kier alpha value is -0.120. The van der Waals surface area contributed by atoms with Crippen molar-refractivity contribution in [2.75, 3.05) is 33.0 Å². The molecule has 2 fully saturated rings. The fourth-order valence-corrected chi connectivity index (χ4v) is 1.81. The van der Waals surface area contributed by atoms with Crippen molar-refractivity contribution in [1.82, 2.24) is 5.32 Å². The molecule has 3 nitrogen and oxygen atoms in total. The van der Waals surface area contributed by atoms with Gasteiger partial charge in [-0.05, 0) is 12.8 Å². The molecule has 0 aromatic heterocycles. The lowest BCUT2D eigenvalue weighted by Gasteiger charge is -2.40. The summed E-state index contributed by atoms with van der Waals surface area (Å²) in [7, 11) is 0. The summed E-state index contributed by atoms with van der Waals surface area (Å²) in [5, 5.41) is 3.48. The predicted octanol–water partition coefficient (Wildman–Crippen LogP) is 0.155. The third-order valence-electron chi connectivity index (χ3n) is 2.45. The van der Waals surface area contributed by atoms with E-state index >= 15 is 0 Å². The highest BCUT2D eigenvalue weighted by Crippen LogP contribution is 2.21. The van der Waals surface area contributed by atoms with Gasteiger partial charge in [0.15, 0.2) is 0 Å². The van der Waals surface area contributed by atoms with E-state index in [9.17, 15) is 0 Å². The normalized spacial score (nSPS) is 39.3. The summed E-state index contributed by atoms with van der Waals surface area (Å²) >= 11 is 0. The summed E-state index contributed by atoms with van der Waals surface area (Å²) in [6, 6.07) is 0. The maximum absolute atomic E-state index is 5.42. The Morgan fingerprint density at radius 1 is 1.09 bits per heavy atom. The third kappa shape index (κ3) is 1.55. The molecule has 0 aromatic carbocycles. The van der Waals surface area contributed by atoms with Gasteiger partial charge in [0.1, 0.15) is 0 Å². The van der Waals surface area contributed by atoms with Crippen molar-refractivity contribution in [1.29, 1.82) is 0 Å². The van der Waals surface area contributed by atoms with Gasteiger partial charge >= 0.3 is 0 Å². The number of morpholine rings is 1. The van der Waals surface area contributed by atoms with E-state index in [1.54, 1.807) is 0 Å². The molecule has 0 saturated carbocycles. The van der Waals surface area contributed by atoms with Crippen LogP contribution in [0.2, 0.25) is 0 Å². The minimum Gasteiger partial charge on any atom is -0.379 e. The molecule has 1 N–H and O–H groups in total. The van der Waals surface area contributed by atoms with Gasteiger partial charge in [0.25, 0.3) is 0 Å². The van der Waals surface area contributed by atoms with Gasteiger partial charge in [-0.15, -0.1) is 0 Å². The van der Waals surface area contributed by atoms with E-state index < -0.39 is 0 Å². The molecule has 2 saturated heterocycles. The van der Waals surface area contributed by atoms with Crippen LogP contribution in [0.1, 0.15) is 12.8 Å². The molecule has 0 amide bonds. The van der Waals surface area contributed by atoms with Crippen molar-refractivity contribution in [3.05, 3.63) is 0 Å². The first-order valence-electron chi connectivity index (χ1n) is 4.32. The number of hydrogen-bond donors (Lipinski definition) is 1. The summed E-state index contributed by atoms with van der Waals surface area (Å²) in [5.74, 6) is 0. The van der Waals surface area contributed by atoms with Crippen LogP contribution >= 0.6 is 0 Å². The van der Waals surface area contributed by atoms with Crippen molar-refractivity contribution >= 4 is 0 Å². The second-order valence-electron chi connectivity index (χ2n) is 3.42. The van der Waals surface area contributed by atoms with Crippen molar-refractivity contribution in [2.24, 2.45) is 0 Å². The zero-order valence-corrected chi connectivity index (χ0v) is 6.77. The van der Waals surface area contributed by atoms with Crippen LogP contribution in [0.3, 0.4) is 0 Å². The standard InChI is InChI=1S/C8H15NO2/c1-2-8(6-10-4-1)7-11-5-3-9-8/h9H,1-7H2. The van der Waals surface area contributed by atoms with Crippen LogP contribution in [0.25, 0.3) is 0 Å². The van der Waals surface area contributed by atoms with Gasteiger partial charge in [0.2, 0.25) is 0 Å². The van der Waals surface area contributed by atoms with Gasteiger partial charge in [-0.2, -0.15) is 0 Å². The summed E-state index contributed by atoms with van der Waals surface area (Å²) in [6.45, 7) is 4.40. The van der Waals surface area contributed by atoms with Crippen LogP contribution in [0, 0.1) is 0 Å². The molecule has 0 radical (unpaired) electrons. The van der Waals surface area contributed by atoms with E-state index in [2.05, 4.69) is 5.32 Å². The van der Waals surface area contributed by atoms with E-state index in [1.165, 1.54) is 6.42 Å². The van der Waals surface area contributed by atoms with Gasteiger partial charge in [0, 0.05) is 13.2 Å². The average Bonchev–Trinajstić information content (AvgIpc) is 2.07. The molecule has 2 aliphatic rings. The number of nitrogens with one attached hydrogen (secondary N) is 1. The van der Waals surface area contributed by atoms with Gasteiger partial charge < -0.3 is 14.8 Å². The number of ether oxygens (including phenoxy) is 2. The van der Waals surface area contributed by atoms with Crippen molar-refractivity contribution < 1.29 is 9.47 Å². The van der Waals surface area contributed by atoms with Crippen molar-refractivity contribution in [2.45, 2.75) is 18.4 Å². The summed E-state index contributed by atoms with van der Waals surface area (Å²) in [6.07, 6.45) is 2.36. The predicted molar refractivity (Wildman–Crippen MR) is 41.6 cm³/mol. The second kappa shape index (κ2) is 3.09. The Kier molecular flexibility index (Phi) is 2.11. The Morgan fingerprint density at radius 2 is 1.91 bits per heavy atom. The Balaban J connectivity index is 1.94. The first-order valence-corrected chi connectivity index (χ1v) is 4.32. The minimum absolute atomic E-state index is 0.163. The molecule has 1 spiro atoms. The maximum Gasteiger partial charge on any atom is 0.0671 e. The van der Waals surface area contributed by atoms with Crippen LogP contribution in [-0.2, 0) is 9.47 Å². The van der Waals surface area contributed by atoms with E-state index in [0.717, 1.165) is 39.4 Å². The first kappa shape index (κ1) is 7.53. The molecule has 1 unspecified atom stereocenters. The van der Waals surface area contributed by atoms with Crippen LogP contribution in [0.4, 0.5) is 0 Å². The smallest absolute Gasteiger partial charge is 0.0671 e. The van der Waals surface area contributed by atoms with E-state index in [-0.39, 0.29) is 5.54 Å². The van der Waals surface area contributed by atoms with E-state index in [4.69, 9.17) is 9.47 Å². The molecule has 2 rings (SSSR count). The molecule has 3 heteroatoms. The SMILES string of the molecule is C1COCC2(C1)COCCN2. The summed E-state index contributed by atoms with van der Waals surface area (Å²) in [5.41, 5.74) is 0.163. The van der Waals surface area contributed by atoms with Crippen LogP contribution in [0.5, 0.6) is 0 Å². The van der Waals surface area contributed by atoms with E-state index in [0.29, 0.717) is 0 Å². The largest absolute Gasteiger partial charge is 0.379 e. The molecule has 2 heterocycles. The molecular weight excluding hydrogens is 142 g/mol. The summed E-state index contributed by atoms with van der Waals surface area (Å²) < 4.78 is 10.8. The van der Waals surface area contributed by atoms with E-state index in [1.807, 2.05) is 0 Å². The van der Waals surface area contributed by atoms with Gasteiger partial charge in [-0.25, -0.2) is 0 Å². The molecule has 2 aliphatic heterocycles. The monoisotopic (exact) mass is 157 g/mol. The van der Waals surface area contributed by atoms with Crippen LogP contribution < -0.4 is 5.32 Å². The maximum atomic E-state index is 5.42. The molecule has 64 valence electrons. The quantitative estimate of drug-likeness (QED) is 0.543. The number of hydrogen-bond acceptors (Lipinski definition) is 3. The van der Waals surface area contributed by atoms with Crippen LogP contribution in [0.15, 0.2) is 0 Å². The third-order valence-corrected chi connectivity index (χ3v) is 2.45. The molecule has 11 heavy (non-hydrogen) atoms. The van der Waals surface area contributed by atoms with Crippen LogP contribution in [-0.4, -0.2) is 38.5 Å². The minimum atomic E-state index is 0.163. The van der Waals surface area contributed by atoms with Crippen molar-refractivity contribution in [3.8, 4) is 0 Å². The first-order chi connectivity index (χ1) is 5.41. The average molecular weight is 157 g/mol. The molecule has 1 atom stereocenters. The van der Waals surface area contributed by atoms with Gasteiger partial charge in [-0.1, -0.05) is 0 Å². The zero-order valence-electron chi connectivity index (χ0n) is 6.77. The lowest BCUT2D eigenvalue weighted by atomic mass is 9.92. The highest BCUT2D eigenvalue weighted by atomic mass is 16.5. The molecular formula is C8H15NO2. The molecule has 0 aromatic rings. The fraction of sp³-hybridized carbons (Fsp3) is 1.00. The lowest BCUT2D eigenvalue weighted by molar-refractivity contribution is -0.0534. The number of rotatable bonds is 0. The molecule has 0 aliphatic carbocycles. The van der Waals surface area contributed by atoms with Gasteiger partial charge in [0.05, 0.1) is 25.4 Å². The second-order valence-corrected chi connectivity index (χ2v) is 3.42. The Morgan fingerprint density at radius 3 is 2.55 bits per heavy atom.